The van der Waals surface area contributed by atoms with Gasteiger partial charge < -0.3 is 20.1 Å². The lowest BCUT2D eigenvalue weighted by Crippen LogP contribution is -2.35. The predicted molar refractivity (Wildman–Crippen MR) is 139 cm³/mol. The van der Waals surface area contributed by atoms with Gasteiger partial charge in [-0.25, -0.2) is 14.4 Å². The summed E-state index contributed by atoms with van der Waals surface area (Å²) in [6.45, 7) is 6.05. The Morgan fingerprint density at radius 3 is 2.28 bits per heavy atom. The number of aliphatic hydroxyl groups is 3. The Kier molecular flexibility index (Phi) is 7.36. The zero-order chi connectivity index (χ0) is 28.9. The largest absolute Gasteiger partial charge is 0.433 e. The van der Waals surface area contributed by atoms with Crippen molar-refractivity contribution < 1.29 is 24.4 Å². The SMILES string of the molecule is Cc1cnc(-n2ccnc(C(C)(C)O)c2=O)cc1-n1c(C)cc(OC(O)(O)c2ncc(Cl)cc2F)c(Cl)c1=O. The summed E-state index contributed by atoms with van der Waals surface area (Å²) in [5, 5.41) is 30.4. The Morgan fingerprint density at radius 2 is 1.64 bits per heavy atom. The summed E-state index contributed by atoms with van der Waals surface area (Å²) in [7, 11) is 0. The fraction of sp³-hybridized carbons (Fsp3) is 0.240. The van der Waals surface area contributed by atoms with Crippen molar-refractivity contribution >= 4 is 23.2 Å². The molecule has 4 rings (SSSR count). The highest BCUT2D eigenvalue weighted by Gasteiger charge is 2.36. The van der Waals surface area contributed by atoms with Crippen LogP contribution in [-0.4, -0.2) is 39.4 Å². The van der Waals surface area contributed by atoms with Crippen LogP contribution in [0, 0.1) is 19.7 Å². The fourth-order valence-corrected chi connectivity index (χ4v) is 4.12. The molecule has 0 aliphatic rings. The molecule has 0 aromatic carbocycles. The van der Waals surface area contributed by atoms with E-state index in [0.29, 0.717) is 11.3 Å². The molecule has 0 saturated carbocycles. The highest BCUT2D eigenvalue weighted by molar-refractivity contribution is 6.31. The first-order chi connectivity index (χ1) is 18.1. The maximum Gasteiger partial charge on any atom is 0.372 e. The van der Waals surface area contributed by atoms with Gasteiger partial charge in [0.15, 0.2) is 17.3 Å². The summed E-state index contributed by atoms with van der Waals surface area (Å²) >= 11 is 11.9. The van der Waals surface area contributed by atoms with E-state index in [2.05, 4.69) is 15.0 Å². The maximum absolute atomic E-state index is 14.2. The Balaban J connectivity index is 1.81. The summed E-state index contributed by atoms with van der Waals surface area (Å²) in [6.07, 6.45) is 5.13. The van der Waals surface area contributed by atoms with E-state index in [1.165, 1.54) is 60.6 Å². The van der Waals surface area contributed by atoms with E-state index in [1.54, 1.807) is 6.92 Å². The molecule has 0 amide bonds. The first kappa shape index (κ1) is 28.3. The minimum atomic E-state index is -3.29. The topological polar surface area (TPSA) is 153 Å². The zero-order valence-electron chi connectivity index (χ0n) is 21.0. The molecule has 0 spiro atoms. The van der Waals surface area contributed by atoms with Crippen molar-refractivity contribution in [1.29, 1.82) is 0 Å². The molecule has 4 aromatic heterocycles. The third kappa shape index (κ3) is 5.42. The first-order valence-electron chi connectivity index (χ1n) is 11.3. The summed E-state index contributed by atoms with van der Waals surface area (Å²) in [5.74, 6) is -4.77. The van der Waals surface area contributed by atoms with Gasteiger partial charge in [-0.1, -0.05) is 23.2 Å². The van der Waals surface area contributed by atoms with Crippen LogP contribution in [-0.2, 0) is 11.6 Å². The highest BCUT2D eigenvalue weighted by Crippen LogP contribution is 2.31. The second-order valence-electron chi connectivity index (χ2n) is 9.14. The number of hydrogen-bond donors (Lipinski definition) is 3. The van der Waals surface area contributed by atoms with Crippen molar-refractivity contribution in [2.24, 2.45) is 0 Å². The van der Waals surface area contributed by atoms with Gasteiger partial charge in [-0.2, -0.15) is 0 Å². The second kappa shape index (κ2) is 10.1. The average Bonchev–Trinajstić information content (AvgIpc) is 2.82. The first-order valence-corrected chi connectivity index (χ1v) is 12.0. The van der Waals surface area contributed by atoms with Crippen molar-refractivity contribution in [3.05, 3.63) is 102 Å². The number of hydrogen-bond acceptors (Lipinski definition) is 9. The molecular weight excluding hydrogens is 556 g/mol. The lowest BCUT2D eigenvalue weighted by molar-refractivity contribution is -0.308. The van der Waals surface area contributed by atoms with E-state index < -0.39 is 45.0 Å². The minimum Gasteiger partial charge on any atom is -0.433 e. The van der Waals surface area contributed by atoms with Gasteiger partial charge >= 0.3 is 5.97 Å². The van der Waals surface area contributed by atoms with Crippen LogP contribution in [0.4, 0.5) is 4.39 Å². The number of halogens is 3. The number of pyridine rings is 3. The summed E-state index contributed by atoms with van der Waals surface area (Å²) in [5.41, 5.74) is -2.86. The van der Waals surface area contributed by atoms with Crippen molar-refractivity contribution in [1.82, 2.24) is 24.1 Å². The number of rotatable bonds is 6. The minimum absolute atomic E-state index is 0.0825. The third-order valence-electron chi connectivity index (χ3n) is 5.64. The van der Waals surface area contributed by atoms with E-state index >= 15 is 0 Å². The summed E-state index contributed by atoms with van der Waals surface area (Å²) < 4.78 is 21.7. The smallest absolute Gasteiger partial charge is 0.372 e. The molecule has 0 bridgehead atoms. The molecule has 0 atom stereocenters. The lowest BCUT2D eigenvalue weighted by atomic mass is 10.1. The Labute approximate surface area is 230 Å². The van der Waals surface area contributed by atoms with Gasteiger partial charge in [0, 0.05) is 42.6 Å². The molecule has 3 N–H and O–H groups in total. The quantitative estimate of drug-likeness (QED) is 0.293. The monoisotopic (exact) mass is 577 g/mol. The van der Waals surface area contributed by atoms with Crippen LogP contribution in [0.2, 0.25) is 10.0 Å². The standard InChI is InChI=1S/C25H22Cl2FN5O6/c1-12-10-30-18(32-6-5-29-21(23(32)35)24(3,4)36)9-16(12)33-13(2)7-17(19(27)22(33)34)39-25(37,38)20-15(28)8-14(26)11-31-20/h5-11,36-38H,1-4H3. The molecule has 0 radical (unpaired) electrons. The van der Waals surface area contributed by atoms with Crippen LogP contribution in [0.15, 0.2) is 52.6 Å². The van der Waals surface area contributed by atoms with Gasteiger partial charge in [0.05, 0.1) is 10.7 Å². The molecule has 4 aromatic rings. The van der Waals surface area contributed by atoms with E-state index in [0.717, 1.165) is 12.3 Å². The van der Waals surface area contributed by atoms with Gasteiger partial charge in [-0.3, -0.25) is 23.7 Å². The highest BCUT2D eigenvalue weighted by atomic mass is 35.5. The van der Waals surface area contributed by atoms with Crippen LogP contribution in [0.5, 0.6) is 5.75 Å². The van der Waals surface area contributed by atoms with Crippen LogP contribution < -0.4 is 15.9 Å². The Hall–Kier alpha value is -3.68. The van der Waals surface area contributed by atoms with Gasteiger partial charge in [0.25, 0.3) is 11.1 Å². The molecule has 0 aliphatic heterocycles. The number of ether oxygens (including phenoxy) is 1. The molecule has 0 unspecified atom stereocenters. The molecular formula is C25H22Cl2FN5O6. The number of aryl methyl sites for hydroxylation is 2. The molecule has 11 nitrogen and oxygen atoms in total. The number of aromatic nitrogens is 5. The number of nitrogens with zero attached hydrogens (tertiary/aromatic N) is 5. The van der Waals surface area contributed by atoms with Crippen LogP contribution in [0.1, 0.15) is 36.5 Å². The second-order valence-corrected chi connectivity index (χ2v) is 9.95. The lowest BCUT2D eigenvalue weighted by Gasteiger charge is -2.24. The van der Waals surface area contributed by atoms with E-state index in [1.807, 2.05) is 0 Å². The third-order valence-corrected chi connectivity index (χ3v) is 6.19. The van der Waals surface area contributed by atoms with Gasteiger partial charge in [0.1, 0.15) is 22.1 Å². The molecule has 0 aliphatic carbocycles. The van der Waals surface area contributed by atoms with Crippen molar-refractivity contribution in [2.45, 2.75) is 39.3 Å². The van der Waals surface area contributed by atoms with Crippen molar-refractivity contribution in [3.8, 4) is 17.3 Å². The fourth-order valence-electron chi connectivity index (χ4n) is 3.80. The molecule has 0 saturated heterocycles. The maximum atomic E-state index is 14.2. The van der Waals surface area contributed by atoms with Gasteiger partial charge in [-0.15, -0.1) is 0 Å². The zero-order valence-corrected chi connectivity index (χ0v) is 22.5. The van der Waals surface area contributed by atoms with Gasteiger partial charge in [0.2, 0.25) is 0 Å². The van der Waals surface area contributed by atoms with Crippen LogP contribution in [0.25, 0.3) is 11.5 Å². The molecule has 14 heteroatoms. The molecule has 204 valence electrons. The van der Waals surface area contributed by atoms with E-state index in [-0.39, 0.29) is 22.2 Å². The van der Waals surface area contributed by atoms with E-state index in [4.69, 9.17) is 27.9 Å². The molecule has 0 fully saturated rings. The Bertz CT molecular complexity index is 1720. The Morgan fingerprint density at radius 1 is 0.949 bits per heavy atom. The molecule has 4 heterocycles. The van der Waals surface area contributed by atoms with Crippen molar-refractivity contribution in [3.63, 3.8) is 0 Å². The average molecular weight is 578 g/mol. The summed E-state index contributed by atoms with van der Waals surface area (Å²) in [4.78, 5) is 38.1. The molecule has 39 heavy (non-hydrogen) atoms. The van der Waals surface area contributed by atoms with E-state index in [9.17, 15) is 29.3 Å². The van der Waals surface area contributed by atoms with Crippen molar-refractivity contribution in [2.75, 3.05) is 0 Å². The van der Waals surface area contributed by atoms with Crippen LogP contribution in [0.3, 0.4) is 0 Å². The van der Waals surface area contributed by atoms with Gasteiger partial charge in [-0.05, 0) is 39.3 Å². The normalized spacial score (nSPS) is 12.1. The van der Waals surface area contributed by atoms with Crippen LogP contribution >= 0.6 is 23.2 Å². The predicted octanol–water partition coefficient (Wildman–Crippen LogP) is 2.64. The summed E-state index contributed by atoms with van der Waals surface area (Å²) in [6, 6.07) is 3.51.